The molecule has 0 bridgehead atoms. The van der Waals surface area contributed by atoms with Gasteiger partial charge < -0.3 is 19.9 Å². The lowest BCUT2D eigenvalue weighted by Gasteiger charge is -2.39. The highest BCUT2D eigenvalue weighted by molar-refractivity contribution is 5.97. The number of H-pyrrole nitrogens is 1. The fourth-order valence-electron chi connectivity index (χ4n) is 4.07. The first-order chi connectivity index (χ1) is 14.1. The van der Waals surface area contributed by atoms with E-state index in [1.165, 1.54) is 0 Å². The van der Waals surface area contributed by atoms with E-state index in [0.29, 0.717) is 17.5 Å². The molecule has 0 aromatic carbocycles. The molecule has 0 radical (unpaired) electrons. The Bertz CT molecular complexity index is 1140. The third-order valence-electron chi connectivity index (χ3n) is 6.06. The number of hydrogen-bond acceptors (Lipinski definition) is 6. The number of ether oxygens (including phenoxy) is 1. The molecule has 30 heavy (non-hydrogen) atoms. The van der Waals surface area contributed by atoms with Crippen molar-refractivity contribution in [3.8, 4) is 11.3 Å². The molecule has 0 spiro atoms. The topological polar surface area (TPSA) is 107 Å². The average Bonchev–Trinajstić information content (AvgIpc) is 3.24. The molecule has 4 rings (SSSR count). The van der Waals surface area contributed by atoms with Crippen LogP contribution in [0.4, 0.5) is 11.6 Å². The summed E-state index contributed by atoms with van der Waals surface area (Å²) in [7, 11) is 1.94. The predicted octanol–water partition coefficient (Wildman–Crippen LogP) is 2.54. The van der Waals surface area contributed by atoms with Crippen LogP contribution in [0.5, 0.6) is 0 Å². The molecule has 1 aliphatic rings. The Kier molecular flexibility index (Phi) is 4.88. The zero-order valence-corrected chi connectivity index (χ0v) is 18.6. The van der Waals surface area contributed by atoms with E-state index in [4.69, 9.17) is 15.6 Å². The fraction of sp³-hybridized carbons (Fsp3) is 0.571. The maximum absolute atomic E-state index is 13.1. The summed E-state index contributed by atoms with van der Waals surface area (Å²) >= 11 is 0. The summed E-state index contributed by atoms with van der Waals surface area (Å²) in [4.78, 5) is 15.4. The summed E-state index contributed by atoms with van der Waals surface area (Å²) in [6.07, 6.45) is 1.88. The molecule has 3 N–H and O–H groups in total. The summed E-state index contributed by atoms with van der Waals surface area (Å²) in [5.74, 6) is 1.51. The lowest BCUT2D eigenvalue weighted by Crippen LogP contribution is -2.48. The summed E-state index contributed by atoms with van der Waals surface area (Å²) < 4.78 is 9.48. The first-order valence-electron chi connectivity index (χ1n) is 10.4. The van der Waals surface area contributed by atoms with Gasteiger partial charge in [-0.25, -0.2) is 0 Å². The number of aryl methyl sites for hydroxylation is 1. The van der Waals surface area contributed by atoms with Gasteiger partial charge in [-0.15, -0.1) is 0 Å². The molecule has 1 unspecified atom stereocenters. The van der Waals surface area contributed by atoms with Crippen molar-refractivity contribution < 1.29 is 4.74 Å². The molecule has 0 aliphatic carbocycles. The minimum absolute atomic E-state index is 0.0122. The molecule has 162 valence electrons. The Balaban J connectivity index is 1.86. The van der Waals surface area contributed by atoms with Gasteiger partial charge in [0.1, 0.15) is 11.2 Å². The number of nitrogens with two attached hydrogens (primary N) is 1. The number of morpholine rings is 1. The van der Waals surface area contributed by atoms with Crippen LogP contribution in [-0.4, -0.2) is 49.8 Å². The van der Waals surface area contributed by atoms with Gasteiger partial charge in [-0.05, 0) is 26.7 Å². The van der Waals surface area contributed by atoms with Crippen LogP contribution in [0.25, 0.3) is 22.2 Å². The molecule has 4 heterocycles. The maximum Gasteiger partial charge on any atom is 0.264 e. The number of aromatic nitrogens is 5. The second kappa shape index (κ2) is 7.16. The van der Waals surface area contributed by atoms with E-state index in [1.54, 1.807) is 4.57 Å². The van der Waals surface area contributed by atoms with Crippen molar-refractivity contribution in [2.75, 3.05) is 30.3 Å². The van der Waals surface area contributed by atoms with E-state index in [1.807, 2.05) is 24.9 Å². The zero-order chi connectivity index (χ0) is 21.8. The van der Waals surface area contributed by atoms with E-state index in [-0.39, 0.29) is 28.9 Å². The number of aromatic amines is 1. The summed E-state index contributed by atoms with van der Waals surface area (Å²) in [5, 5.41) is 12.2. The van der Waals surface area contributed by atoms with Gasteiger partial charge in [0.25, 0.3) is 5.56 Å². The van der Waals surface area contributed by atoms with Crippen LogP contribution in [0.15, 0.2) is 17.1 Å². The van der Waals surface area contributed by atoms with Crippen LogP contribution in [-0.2, 0) is 11.8 Å². The highest BCUT2D eigenvalue weighted by Gasteiger charge is 2.29. The Morgan fingerprint density at radius 3 is 2.70 bits per heavy atom. The van der Waals surface area contributed by atoms with Crippen LogP contribution in [0.2, 0.25) is 0 Å². The van der Waals surface area contributed by atoms with E-state index in [9.17, 15) is 4.79 Å². The van der Waals surface area contributed by atoms with Crippen LogP contribution in [0.1, 0.15) is 40.7 Å². The molecular formula is C21H31N7O2. The monoisotopic (exact) mass is 413 g/mol. The zero-order valence-electron chi connectivity index (χ0n) is 18.6. The molecule has 1 fully saturated rings. The second-order valence-electron chi connectivity index (χ2n) is 9.14. The first kappa shape index (κ1) is 20.5. The minimum atomic E-state index is -0.215. The van der Waals surface area contributed by atoms with E-state index in [0.717, 1.165) is 30.2 Å². The molecule has 9 nitrogen and oxygen atoms in total. The van der Waals surface area contributed by atoms with Gasteiger partial charge in [0.15, 0.2) is 5.82 Å². The Hall–Kier alpha value is -2.81. The summed E-state index contributed by atoms with van der Waals surface area (Å²) in [6, 6.07) is 2.07. The number of pyridine rings is 1. The summed E-state index contributed by atoms with van der Waals surface area (Å²) in [5.41, 5.74) is 7.91. The second-order valence-corrected chi connectivity index (χ2v) is 9.14. The lowest BCUT2D eigenvalue weighted by atomic mass is 10.0. The number of rotatable bonds is 4. The normalized spacial score (nSPS) is 17.8. The quantitative estimate of drug-likeness (QED) is 0.681. The highest BCUT2D eigenvalue weighted by Crippen LogP contribution is 2.32. The Morgan fingerprint density at radius 1 is 1.30 bits per heavy atom. The van der Waals surface area contributed by atoms with Crippen molar-refractivity contribution in [3.63, 3.8) is 0 Å². The number of nitrogen functional groups attached to an aromatic ring is 1. The number of hydrogen-bond donors (Lipinski definition) is 2. The van der Waals surface area contributed by atoms with Gasteiger partial charge in [0, 0.05) is 44.0 Å². The van der Waals surface area contributed by atoms with Gasteiger partial charge in [-0.1, -0.05) is 13.8 Å². The van der Waals surface area contributed by atoms with Crippen molar-refractivity contribution in [1.29, 1.82) is 0 Å². The molecule has 1 saturated heterocycles. The van der Waals surface area contributed by atoms with Crippen LogP contribution in [0.3, 0.4) is 0 Å². The molecule has 3 aromatic heterocycles. The van der Waals surface area contributed by atoms with Crippen LogP contribution in [0, 0.1) is 5.92 Å². The van der Waals surface area contributed by atoms with E-state index in [2.05, 4.69) is 48.9 Å². The standard InChI is InChI=1S/C21H31N7O2/c1-12(2)13(3)28-10-14(18-17(20(28)29)19(22)24-23-18)15-9-16(26(6)25-15)27-7-8-30-21(4,5)11-27/h9-10,12-13H,7-8,11H2,1-6H3,(H3,22,23,24). The smallest absolute Gasteiger partial charge is 0.264 e. The van der Waals surface area contributed by atoms with Gasteiger partial charge in [0.2, 0.25) is 0 Å². The van der Waals surface area contributed by atoms with Crippen LogP contribution < -0.4 is 16.2 Å². The van der Waals surface area contributed by atoms with Gasteiger partial charge in [-0.2, -0.15) is 10.2 Å². The molecule has 1 aliphatic heterocycles. The van der Waals surface area contributed by atoms with Crippen molar-refractivity contribution in [2.45, 2.75) is 46.3 Å². The molecule has 0 saturated carbocycles. The Labute approximate surface area is 175 Å². The molecular weight excluding hydrogens is 382 g/mol. The van der Waals surface area contributed by atoms with Crippen LogP contribution >= 0.6 is 0 Å². The third-order valence-corrected chi connectivity index (χ3v) is 6.06. The van der Waals surface area contributed by atoms with Crippen molar-refractivity contribution in [3.05, 3.63) is 22.6 Å². The summed E-state index contributed by atoms with van der Waals surface area (Å²) in [6.45, 7) is 12.7. The number of nitrogens with zero attached hydrogens (tertiary/aromatic N) is 5. The minimum Gasteiger partial charge on any atom is -0.382 e. The molecule has 3 aromatic rings. The Morgan fingerprint density at radius 2 is 2.03 bits per heavy atom. The highest BCUT2D eigenvalue weighted by atomic mass is 16.5. The molecule has 9 heteroatoms. The van der Waals surface area contributed by atoms with Crippen molar-refractivity contribution in [2.24, 2.45) is 13.0 Å². The van der Waals surface area contributed by atoms with Crippen molar-refractivity contribution in [1.82, 2.24) is 24.5 Å². The predicted molar refractivity (Wildman–Crippen MR) is 119 cm³/mol. The number of nitrogens with one attached hydrogen (secondary N) is 1. The van der Waals surface area contributed by atoms with Gasteiger partial charge in [0.05, 0.1) is 23.4 Å². The SMILES string of the molecule is CC(C)C(C)n1cc(-c2cc(N3CCOC(C)(C)C3)n(C)n2)c2[nH]nc(N)c2c1=O. The van der Waals surface area contributed by atoms with Gasteiger partial charge in [-0.3, -0.25) is 14.6 Å². The molecule has 0 amide bonds. The molecule has 1 atom stereocenters. The van der Waals surface area contributed by atoms with Gasteiger partial charge >= 0.3 is 0 Å². The fourth-order valence-corrected chi connectivity index (χ4v) is 4.07. The maximum atomic E-state index is 13.1. The third kappa shape index (κ3) is 3.36. The van der Waals surface area contributed by atoms with E-state index < -0.39 is 0 Å². The number of anilines is 2. The largest absolute Gasteiger partial charge is 0.382 e. The van der Waals surface area contributed by atoms with Crippen molar-refractivity contribution >= 4 is 22.5 Å². The lowest BCUT2D eigenvalue weighted by molar-refractivity contribution is -0.0280. The average molecular weight is 414 g/mol. The first-order valence-corrected chi connectivity index (χ1v) is 10.4. The van der Waals surface area contributed by atoms with E-state index >= 15 is 0 Å². The number of fused-ring (bicyclic) bond motifs is 1.